The maximum absolute atomic E-state index is 12.7. The average Bonchev–Trinajstić information content (AvgIpc) is 2.41. The molecule has 0 aliphatic carbocycles. The molecular weight excluding hydrogens is 335 g/mol. The van der Waals surface area contributed by atoms with Crippen molar-refractivity contribution in [2.45, 2.75) is 13.1 Å². The van der Waals surface area contributed by atoms with Crippen LogP contribution in [0.2, 0.25) is 0 Å². The summed E-state index contributed by atoms with van der Waals surface area (Å²) in [7, 11) is 1.68. The van der Waals surface area contributed by atoms with E-state index in [0.717, 1.165) is 12.1 Å². The molecule has 0 bridgehead atoms. The highest BCUT2D eigenvalue weighted by molar-refractivity contribution is 9.10. The van der Waals surface area contributed by atoms with Gasteiger partial charge in [-0.25, -0.2) is 9.97 Å². The molecule has 0 saturated heterocycles. The van der Waals surface area contributed by atoms with E-state index in [4.69, 9.17) is 0 Å². The molecule has 20 heavy (non-hydrogen) atoms. The molecule has 3 nitrogen and oxygen atoms in total. The summed E-state index contributed by atoms with van der Waals surface area (Å²) in [4.78, 5) is 8.42. The third-order valence-corrected chi connectivity index (χ3v) is 3.65. The van der Waals surface area contributed by atoms with Gasteiger partial charge in [0.1, 0.15) is 5.82 Å². The first-order chi connectivity index (χ1) is 9.32. The molecular formula is C13H11BrF3N3. The smallest absolute Gasteiger partial charge is 0.372 e. The first kappa shape index (κ1) is 14.8. The lowest BCUT2D eigenvalue weighted by Crippen LogP contribution is -2.05. The van der Waals surface area contributed by atoms with E-state index in [1.807, 2.05) is 0 Å². The first-order valence-electron chi connectivity index (χ1n) is 5.72. The molecule has 0 radical (unpaired) electrons. The molecule has 0 unspecified atom stereocenters. The fourth-order valence-electron chi connectivity index (χ4n) is 1.69. The van der Waals surface area contributed by atoms with E-state index in [9.17, 15) is 13.2 Å². The Morgan fingerprint density at radius 2 is 1.90 bits per heavy atom. The number of nitrogens with one attached hydrogen (secondary N) is 1. The molecule has 2 rings (SSSR count). The fourth-order valence-corrected chi connectivity index (χ4v) is 2.06. The average molecular weight is 346 g/mol. The second-order valence-electron chi connectivity index (χ2n) is 4.12. The van der Waals surface area contributed by atoms with Crippen molar-refractivity contribution in [3.63, 3.8) is 0 Å². The van der Waals surface area contributed by atoms with E-state index in [1.54, 1.807) is 20.0 Å². The van der Waals surface area contributed by atoms with Crippen LogP contribution in [-0.2, 0) is 6.18 Å². The molecule has 2 aromatic rings. The Morgan fingerprint density at radius 1 is 1.20 bits per heavy atom. The van der Waals surface area contributed by atoms with E-state index in [-0.39, 0.29) is 5.82 Å². The van der Waals surface area contributed by atoms with Gasteiger partial charge in [0.15, 0.2) is 5.82 Å². The van der Waals surface area contributed by atoms with Crippen LogP contribution in [0.15, 0.2) is 28.7 Å². The highest BCUT2D eigenvalue weighted by Crippen LogP contribution is 2.32. The van der Waals surface area contributed by atoms with Gasteiger partial charge in [0.25, 0.3) is 0 Å². The van der Waals surface area contributed by atoms with Crippen LogP contribution in [0, 0.1) is 6.92 Å². The van der Waals surface area contributed by atoms with Gasteiger partial charge in [-0.05, 0) is 35.0 Å². The molecule has 0 aliphatic rings. The number of hydrogen-bond acceptors (Lipinski definition) is 3. The number of alkyl halides is 3. The van der Waals surface area contributed by atoms with E-state index in [2.05, 4.69) is 31.2 Å². The van der Waals surface area contributed by atoms with Crippen LogP contribution in [0.3, 0.4) is 0 Å². The zero-order valence-corrected chi connectivity index (χ0v) is 12.3. The number of hydrogen-bond donors (Lipinski definition) is 1. The monoisotopic (exact) mass is 345 g/mol. The molecule has 1 N–H and O–H groups in total. The summed E-state index contributed by atoms with van der Waals surface area (Å²) < 4.78 is 38.8. The first-order valence-corrected chi connectivity index (χ1v) is 6.51. The van der Waals surface area contributed by atoms with Gasteiger partial charge in [-0.1, -0.05) is 12.1 Å². The number of benzene rings is 1. The van der Waals surface area contributed by atoms with Gasteiger partial charge in [0, 0.05) is 12.6 Å². The van der Waals surface area contributed by atoms with Gasteiger partial charge in [-0.15, -0.1) is 0 Å². The minimum Gasteiger partial charge on any atom is -0.372 e. The number of halogens is 4. The molecule has 0 spiro atoms. The molecule has 106 valence electrons. The van der Waals surface area contributed by atoms with Crippen LogP contribution in [-0.4, -0.2) is 17.0 Å². The summed E-state index contributed by atoms with van der Waals surface area (Å²) in [6.07, 6.45) is -4.38. The third-order valence-electron chi connectivity index (χ3n) is 2.70. The maximum Gasteiger partial charge on any atom is 0.416 e. The standard InChI is InChI=1S/C13H11BrF3N3/c1-7-10(14)12(18-2)20-11(19-7)8-4-3-5-9(6-8)13(15,16)17/h3-6H,1-2H3,(H,18,19,20). The number of aryl methyl sites for hydroxylation is 1. The SMILES string of the molecule is CNc1nc(-c2cccc(C(F)(F)F)c2)nc(C)c1Br. The Bertz CT molecular complexity index is 641. The Kier molecular flexibility index (Phi) is 3.99. The van der Waals surface area contributed by atoms with E-state index in [0.29, 0.717) is 21.5 Å². The Balaban J connectivity index is 2.55. The van der Waals surface area contributed by atoms with Gasteiger partial charge in [-0.2, -0.15) is 13.2 Å². The molecule has 7 heteroatoms. The van der Waals surface area contributed by atoms with Gasteiger partial charge in [-0.3, -0.25) is 0 Å². The molecule has 0 atom stereocenters. The topological polar surface area (TPSA) is 37.8 Å². The Labute approximate surface area is 122 Å². The predicted octanol–water partition coefficient (Wildman–Crippen LogP) is 4.28. The van der Waals surface area contributed by atoms with Crippen molar-refractivity contribution in [3.05, 3.63) is 40.0 Å². The number of nitrogens with zero attached hydrogens (tertiary/aromatic N) is 2. The normalized spacial score (nSPS) is 11.5. The van der Waals surface area contributed by atoms with Crippen molar-refractivity contribution in [3.8, 4) is 11.4 Å². The zero-order valence-electron chi connectivity index (χ0n) is 10.7. The fraction of sp³-hybridized carbons (Fsp3) is 0.231. The van der Waals surface area contributed by atoms with Crippen LogP contribution < -0.4 is 5.32 Å². The van der Waals surface area contributed by atoms with Crippen molar-refractivity contribution in [2.75, 3.05) is 12.4 Å². The van der Waals surface area contributed by atoms with Crippen LogP contribution in [0.5, 0.6) is 0 Å². The van der Waals surface area contributed by atoms with Gasteiger partial charge in [0.05, 0.1) is 15.7 Å². The molecule has 0 fully saturated rings. The van der Waals surface area contributed by atoms with Crippen molar-refractivity contribution >= 4 is 21.7 Å². The van der Waals surface area contributed by atoms with E-state index >= 15 is 0 Å². The lowest BCUT2D eigenvalue weighted by molar-refractivity contribution is -0.137. The van der Waals surface area contributed by atoms with Crippen LogP contribution in [0.4, 0.5) is 19.0 Å². The number of rotatable bonds is 2. The second-order valence-corrected chi connectivity index (χ2v) is 4.92. The van der Waals surface area contributed by atoms with E-state index < -0.39 is 11.7 Å². The lowest BCUT2D eigenvalue weighted by Gasteiger charge is -2.11. The van der Waals surface area contributed by atoms with Gasteiger partial charge < -0.3 is 5.32 Å². The van der Waals surface area contributed by atoms with E-state index in [1.165, 1.54) is 6.07 Å². The number of aromatic nitrogens is 2. The minimum atomic E-state index is -4.38. The largest absolute Gasteiger partial charge is 0.416 e. The minimum absolute atomic E-state index is 0.251. The molecule has 1 aromatic heterocycles. The Morgan fingerprint density at radius 3 is 2.50 bits per heavy atom. The van der Waals surface area contributed by atoms with Crippen molar-refractivity contribution in [1.82, 2.24) is 9.97 Å². The third kappa shape index (κ3) is 2.92. The summed E-state index contributed by atoms with van der Waals surface area (Å²) in [6.45, 7) is 1.75. The molecule has 1 aromatic carbocycles. The molecule has 0 aliphatic heterocycles. The van der Waals surface area contributed by atoms with Crippen LogP contribution >= 0.6 is 15.9 Å². The summed E-state index contributed by atoms with van der Waals surface area (Å²) in [5, 5.41) is 2.87. The van der Waals surface area contributed by atoms with Crippen molar-refractivity contribution < 1.29 is 13.2 Å². The molecule has 0 amide bonds. The van der Waals surface area contributed by atoms with Crippen LogP contribution in [0.1, 0.15) is 11.3 Å². The number of anilines is 1. The quantitative estimate of drug-likeness (QED) is 0.882. The highest BCUT2D eigenvalue weighted by Gasteiger charge is 2.30. The summed E-state index contributed by atoms with van der Waals surface area (Å²) in [5.74, 6) is 0.783. The summed E-state index contributed by atoms with van der Waals surface area (Å²) >= 11 is 3.33. The van der Waals surface area contributed by atoms with Crippen molar-refractivity contribution in [1.29, 1.82) is 0 Å². The van der Waals surface area contributed by atoms with Gasteiger partial charge >= 0.3 is 6.18 Å². The van der Waals surface area contributed by atoms with Gasteiger partial charge in [0.2, 0.25) is 0 Å². The molecule has 0 saturated carbocycles. The zero-order chi connectivity index (χ0) is 14.9. The predicted molar refractivity (Wildman–Crippen MR) is 74.5 cm³/mol. The second kappa shape index (κ2) is 5.40. The van der Waals surface area contributed by atoms with Crippen molar-refractivity contribution in [2.24, 2.45) is 0 Å². The lowest BCUT2D eigenvalue weighted by atomic mass is 10.1. The van der Waals surface area contributed by atoms with Crippen LogP contribution in [0.25, 0.3) is 11.4 Å². The Hall–Kier alpha value is -1.63. The highest BCUT2D eigenvalue weighted by atomic mass is 79.9. The summed E-state index contributed by atoms with van der Waals surface area (Å²) in [6, 6.07) is 4.96. The maximum atomic E-state index is 12.7. The summed E-state index contributed by atoms with van der Waals surface area (Å²) in [5.41, 5.74) is 0.258. The molecule has 1 heterocycles.